The number of urea groups is 1. The maximum atomic E-state index is 12.6. The van der Waals surface area contributed by atoms with E-state index < -0.39 is 42.2 Å². The normalized spacial score (nSPS) is 12.2. The lowest BCUT2D eigenvalue weighted by atomic mass is 10.0. The van der Waals surface area contributed by atoms with Gasteiger partial charge in [-0.15, -0.1) is 0 Å². The van der Waals surface area contributed by atoms with Crippen LogP contribution in [0.5, 0.6) is 5.75 Å². The first-order valence-corrected chi connectivity index (χ1v) is 7.93. The van der Waals surface area contributed by atoms with Crippen molar-refractivity contribution in [2.45, 2.75) is 32.5 Å². The zero-order chi connectivity index (χ0) is 20.6. The number of rotatable bonds is 7. The summed E-state index contributed by atoms with van der Waals surface area (Å²) >= 11 is 0. The molecule has 1 aromatic carbocycles. The second-order valence-electron chi connectivity index (χ2n) is 6.04. The number of alkyl halides is 3. The molecule has 0 aromatic heterocycles. The molecule has 11 heteroatoms. The van der Waals surface area contributed by atoms with Crippen molar-refractivity contribution in [3.63, 3.8) is 0 Å². The lowest BCUT2D eigenvalue weighted by molar-refractivity contribution is -0.137. The first-order chi connectivity index (χ1) is 12.5. The average molecular weight is 390 g/mol. The standard InChI is InChI=1S/C16H21F3N4O4/c1-9(2)6-12(21-15(20)26)14(25)23-22-13(24)8-27-11-5-3-4-10(7-11)16(17,18)19/h3-5,7,9,12H,6,8H2,1-2H3,(H,22,24)(H,23,25)(H3,20,21,26). The number of ether oxygens (including phenoxy) is 1. The third kappa shape index (κ3) is 8.29. The Hall–Kier alpha value is -2.98. The summed E-state index contributed by atoms with van der Waals surface area (Å²) in [6, 6.07) is 2.18. The zero-order valence-corrected chi connectivity index (χ0v) is 14.7. The Morgan fingerprint density at radius 2 is 1.85 bits per heavy atom. The second-order valence-corrected chi connectivity index (χ2v) is 6.04. The lowest BCUT2D eigenvalue weighted by Crippen LogP contribution is -2.54. The van der Waals surface area contributed by atoms with Gasteiger partial charge in [-0.1, -0.05) is 19.9 Å². The zero-order valence-electron chi connectivity index (χ0n) is 14.7. The molecule has 1 rings (SSSR count). The first kappa shape index (κ1) is 22.1. The van der Waals surface area contributed by atoms with Crippen LogP contribution in [0.15, 0.2) is 24.3 Å². The molecule has 0 aliphatic heterocycles. The highest BCUT2D eigenvalue weighted by molar-refractivity contribution is 5.88. The van der Waals surface area contributed by atoms with E-state index in [9.17, 15) is 27.6 Å². The largest absolute Gasteiger partial charge is 0.484 e. The van der Waals surface area contributed by atoms with E-state index in [1.54, 1.807) is 0 Å². The SMILES string of the molecule is CC(C)CC(NC(N)=O)C(=O)NNC(=O)COc1cccc(C(F)(F)F)c1. The Morgan fingerprint density at radius 1 is 1.19 bits per heavy atom. The fourth-order valence-electron chi connectivity index (χ4n) is 2.04. The molecule has 8 nitrogen and oxygen atoms in total. The summed E-state index contributed by atoms with van der Waals surface area (Å²) in [7, 11) is 0. The van der Waals surface area contributed by atoms with E-state index in [0.717, 1.165) is 18.2 Å². The highest BCUT2D eigenvalue weighted by atomic mass is 19.4. The van der Waals surface area contributed by atoms with Crippen molar-refractivity contribution in [2.24, 2.45) is 11.7 Å². The number of amides is 4. The highest BCUT2D eigenvalue weighted by Gasteiger charge is 2.30. The van der Waals surface area contributed by atoms with E-state index in [2.05, 4.69) is 10.7 Å². The van der Waals surface area contributed by atoms with Crippen LogP contribution in [0.4, 0.5) is 18.0 Å². The summed E-state index contributed by atoms with van der Waals surface area (Å²) in [5.74, 6) is -1.59. The van der Waals surface area contributed by atoms with E-state index >= 15 is 0 Å². The van der Waals surface area contributed by atoms with Crippen molar-refractivity contribution in [3.05, 3.63) is 29.8 Å². The maximum absolute atomic E-state index is 12.6. The smallest absolute Gasteiger partial charge is 0.416 e. The fraction of sp³-hybridized carbons (Fsp3) is 0.438. The Balaban J connectivity index is 2.52. The molecule has 150 valence electrons. The minimum atomic E-state index is -4.53. The number of carbonyl (C=O) groups is 3. The molecule has 1 atom stereocenters. The van der Waals surface area contributed by atoms with E-state index in [1.165, 1.54) is 6.07 Å². The van der Waals surface area contributed by atoms with Gasteiger partial charge in [0.25, 0.3) is 11.8 Å². The molecule has 0 heterocycles. The van der Waals surface area contributed by atoms with E-state index in [4.69, 9.17) is 10.5 Å². The van der Waals surface area contributed by atoms with Gasteiger partial charge >= 0.3 is 12.2 Å². The molecule has 0 spiro atoms. The average Bonchev–Trinajstić information content (AvgIpc) is 2.56. The van der Waals surface area contributed by atoms with Crippen LogP contribution >= 0.6 is 0 Å². The fourth-order valence-corrected chi connectivity index (χ4v) is 2.04. The molecule has 5 N–H and O–H groups in total. The number of carbonyl (C=O) groups excluding carboxylic acids is 3. The van der Waals surface area contributed by atoms with Gasteiger partial charge in [-0.25, -0.2) is 4.79 Å². The number of halogens is 3. The van der Waals surface area contributed by atoms with Crippen molar-refractivity contribution in [2.75, 3.05) is 6.61 Å². The van der Waals surface area contributed by atoms with Gasteiger partial charge in [-0.05, 0) is 30.5 Å². The first-order valence-electron chi connectivity index (χ1n) is 7.93. The quantitative estimate of drug-likeness (QED) is 0.524. The number of hydrogen-bond donors (Lipinski definition) is 4. The van der Waals surface area contributed by atoms with Crippen molar-refractivity contribution in [3.8, 4) is 5.75 Å². The van der Waals surface area contributed by atoms with Crippen molar-refractivity contribution in [1.82, 2.24) is 16.2 Å². The van der Waals surface area contributed by atoms with Crippen molar-refractivity contribution >= 4 is 17.8 Å². The predicted molar refractivity (Wildman–Crippen MR) is 89.2 cm³/mol. The van der Waals surface area contributed by atoms with Gasteiger partial charge in [0.1, 0.15) is 11.8 Å². The minimum Gasteiger partial charge on any atom is -0.484 e. The summed E-state index contributed by atoms with van der Waals surface area (Å²) in [5.41, 5.74) is 8.23. The van der Waals surface area contributed by atoms with Gasteiger partial charge in [-0.3, -0.25) is 20.4 Å². The Labute approximate surface area is 153 Å². The number of nitrogens with two attached hydrogens (primary N) is 1. The van der Waals surface area contributed by atoms with Crippen LogP contribution in [-0.2, 0) is 15.8 Å². The molecule has 0 radical (unpaired) electrons. The van der Waals surface area contributed by atoms with Crippen LogP contribution in [0.3, 0.4) is 0 Å². The number of benzene rings is 1. The third-order valence-corrected chi connectivity index (χ3v) is 3.20. The number of primary amides is 1. The maximum Gasteiger partial charge on any atom is 0.416 e. The summed E-state index contributed by atoms with van der Waals surface area (Å²) < 4.78 is 42.8. The number of hydrazine groups is 1. The summed E-state index contributed by atoms with van der Waals surface area (Å²) in [6.07, 6.45) is -4.25. The van der Waals surface area contributed by atoms with E-state index in [0.29, 0.717) is 0 Å². The minimum absolute atomic E-state index is 0.0625. The molecule has 0 aliphatic rings. The van der Waals surface area contributed by atoms with E-state index in [1.807, 2.05) is 19.3 Å². The van der Waals surface area contributed by atoms with Crippen molar-refractivity contribution < 1.29 is 32.3 Å². The topological polar surface area (TPSA) is 123 Å². The number of nitrogens with one attached hydrogen (secondary N) is 3. The van der Waals surface area contributed by atoms with Gasteiger partial charge in [0, 0.05) is 0 Å². The molecule has 0 fully saturated rings. The van der Waals surface area contributed by atoms with Crippen LogP contribution in [0.1, 0.15) is 25.8 Å². The molecule has 4 amide bonds. The second kappa shape index (κ2) is 9.64. The predicted octanol–water partition coefficient (Wildman–Crippen LogP) is 1.31. The van der Waals surface area contributed by atoms with Crippen LogP contribution in [0.2, 0.25) is 0 Å². The molecule has 1 aromatic rings. The van der Waals surface area contributed by atoms with Crippen LogP contribution in [0, 0.1) is 5.92 Å². The monoisotopic (exact) mass is 390 g/mol. The molecule has 0 saturated heterocycles. The third-order valence-electron chi connectivity index (χ3n) is 3.20. The molecule has 27 heavy (non-hydrogen) atoms. The van der Waals surface area contributed by atoms with E-state index in [-0.39, 0.29) is 18.1 Å². The van der Waals surface area contributed by atoms with Gasteiger partial charge < -0.3 is 15.8 Å². The lowest BCUT2D eigenvalue weighted by Gasteiger charge is -2.19. The van der Waals surface area contributed by atoms with Gasteiger partial charge in [0.2, 0.25) is 0 Å². The van der Waals surface area contributed by atoms with Crippen molar-refractivity contribution in [1.29, 1.82) is 0 Å². The molecule has 0 saturated carbocycles. The molecule has 0 aliphatic carbocycles. The molecular formula is C16H21F3N4O4. The van der Waals surface area contributed by atoms with Crippen LogP contribution < -0.4 is 26.6 Å². The molecule has 0 bridgehead atoms. The highest BCUT2D eigenvalue weighted by Crippen LogP contribution is 2.31. The Bertz CT molecular complexity index is 680. The summed E-state index contributed by atoms with van der Waals surface area (Å²) in [4.78, 5) is 34.6. The van der Waals surface area contributed by atoms with Crippen LogP contribution in [0.25, 0.3) is 0 Å². The molecule has 1 unspecified atom stereocenters. The van der Waals surface area contributed by atoms with Gasteiger partial charge in [0.15, 0.2) is 6.61 Å². The summed E-state index contributed by atoms with van der Waals surface area (Å²) in [5, 5.41) is 2.25. The number of hydrogen-bond acceptors (Lipinski definition) is 4. The Morgan fingerprint density at radius 3 is 2.41 bits per heavy atom. The van der Waals surface area contributed by atoms with Gasteiger partial charge in [0.05, 0.1) is 5.56 Å². The molecular weight excluding hydrogens is 369 g/mol. The van der Waals surface area contributed by atoms with Gasteiger partial charge in [-0.2, -0.15) is 13.2 Å². The van der Waals surface area contributed by atoms with Crippen LogP contribution in [-0.4, -0.2) is 30.5 Å². The summed E-state index contributed by atoms with van der Waals surface area (Å²) in [6.45, 7) is 3.02. The Kier molecular flexibility index (Phi) is 7.88.